The van der Waals surface area contributed by atoms with Crippen molar-refractivity contribution in [3.8, 4) is 6.07 Å². The fourth-order valence-electron chi connectivity index (χ4n) is 3.63. The highest BCUT2D eigenvalue weighted by Gasteiger charge is 2.44. The number of hydrogen-bond donors (Lipinski definition) is 1. The van der Waals surface area contributed by atoms with Crippen molar-refractivity contribution in [2.24, 2.45) is 23.2 Å². The molecule has 1 aliphatic carbocycles. The first-order valence-corrected chi connectivity index (χ1v) is 7.54. The molecule has 0 aromatic carbocycles. The maximum atomic E-state index is 10.6. The van der Waals surface area contributed by atoms with Gasteiger partial charge in [-0.05, 0) is 37.0 Å². The Morgan fingerprint density at radius 2 is 2.06 bits per heavy atom. The van der Waals surface area contributed by atoms with E-state index >= 15 is 0 Å². The standard InChI is InChI=1S/C16H29NO/c1-5-14-7-6-8-16(10-14,11-17)15(18)13(4)9-12(2)3/h12-15,18H,5-10H2,1-4H3. The minimum Gasteiger partial charge on any atom is -0.391 e. The van der Waals surface area contributed by atoms with Crippen LogP contribution in [0.3, 0.4) is 0 Å². The molecule has 1 N–H and O–H groups in total. The molecule has 18 heavy (non-hydrogen) atoms. The summed E-state index contributed by atoms with van der Waals surface area (Å²) in [5.41, 5.74) is -0.479. The lowest BCUT2D eigenvalue weighted by molar-refractivity contribution is -0.0204. The predicted molar refractivity (Wildman–Crippen MR) is 74.9 cm³/mol. The van der Waals surface area contributed by atoms with Gasteiger partial charge in [0.25, 0.3) is 0 Å². The smallest absolute Gasteiger partial charge is 0.0837 e. The summed E-state index contributed by atoms with van der Waals surface area (Å²) in [7, 11) is 0. The fraction of sp³-hybridized carbons (Fsp3) is 0.938. The van der Waals surface area contributed by atoms with Gasteiger partial charge in [0.2, 0.25) is 0 Å². The maximum Gasteiger partial charge on any atom is 0.0837 e. The van der Waals surface area contributed by atoms with E-state index in [0.717, 1.165) is 32.1 Å². The van der Waals surface area contributed by atoms with Crippen LogP contribution in [0.25, 0.3) is 0 Å². The van der Waals surface area contributed by atoms with Gasteiger partial charge in [-0.3, -0.25) is 0 Å². The number of nitrogens with zero attached hydrogens (tertiary/aromatic N) is 1. The van der Waals surface area contributed by atoms with Crippen LogP contribution in [0, 0.1) is 34.5 Å². The molecule has 2 nitrogen and oxygen atoms in total. The summed E-state index contributed by atoms with van der Waals surface area (Å²) in [4.78, 5) is 0. The van der Waals surface area contributed by atoms with Crippen molar-refractivity contribution in [3.05, 3.63) is 0 Å². The van der Waals surface area contributed by atoms with Crippen molar-refractivity contribution in [3.63, 3.8) is 0 Å². The second-order valence-corrected chi connectivity index (χ2v) is 6.69. The molecule has 1 fully saturated rings. The zero-order chi connectivity index (χ0) is 13.8. The summed E-state index contributed by atoms with van der Waals surface area (Å²) in [5, 5.41) is 20.2. The highest BCUT2D eigenvalue weighted by Crippen LogP contribution is 2.45. The van der Waals surface area contributed by atoms with Crippen LogP contribution in [0.4, 0.5) is 0 Å². The number of hydrogen-bond acceptors (Lipinski definition) is 2. The zero-order valence-electron chi connectivity index (χ0n) is 12.4. The summed E-state index contributed by atoms with van der Waals surface area (Å²) < 4.78 is 0. The van der Waals surface area contributed by atoms with Gasteiger partial charge in [-0.15, -0.1) is 0 Å². The van der Waals surface area contributed by atoms with Gasteiger partial charge in [-0.1, -0.05) is 47.0 Å². The van der Waals surface area contributed by atoms with E-state index in [2.05, 4.69) is 33.8 Å². The number of aliphatic hydroxyl groups is 1. The molecule has 0 aromatic rings. The van der Waals surface area contributed by atoms with Crippen LogP contribution >= 0.6 is 0 Å². The second-order valence-electron chi connectivity index (χ2n) is 6.69. The van der Waals surface area contributed by atoms with Crippen LogP contribution in [-0.2, 0) is 0 Å². The molecule has 0 aromatic heterocycles. The highest BCUT2D eigenvalue weighted by molar-refractivity contribution is 5.07. The van der Waals surface area contributed by atoms with Gasteiger partial charge in [0.1, 0.15) is 0 Å². The van der Waals surface area contributed by atoms with Crippen LogP contribution in [0.1, 0.15) is 66.2 Å². The normalized spacial score (nSPS) is 31.9. The van der Waals surface area contributed by atoms with Crippen LogP contribution in [0.5, 0.6) is 0 Å². The molecule has 104 valence electrons. The average molecular weight is 251 g/mol. The Labute approximate surface area is 112 Å². The van der Waals surface area contributed by atoms with E-state index < -0.39 is 11.5 Å². The second kappa shape index (κ2) is 6.57. The van der Waals surface area contributed by atoms with Crippen LogP contribution < -0.4 is 0 Å². The lowest BCUT2D eigenvalue weighted by Gasteiger charge is -2.41. The third-order valence-corrected chi connectivity index (χ3v) is 4.64. The average Bonchev–Trinajstić information content (AvgIpc) is 2.36. The molecule has 0 saturated heterocycles. The number of nitriles is 1. The van der Waals surface area contributed by atoms with Crippen molar-refractivity contribution >= 4 is 0 Å². The Kier molecular flexibility index (Phi) is 5.66. The van der Waals surface area contributed by atoms with Gasteiger partial charge >= 0.3 is 0 Å². The van der Waals surface area contributed by atoms with Crippen molar-refractivity contribution in [1.29, 1.82) is 5.26 Å². The van der Waals surface area contributed by atoms with E-state index in [4.69, 9.17) is 0 Å². The molecule has 0 aliphatic heterocycles. The van der Waals surface area contributed by atoms with Gasteiger partial charge in [-0.25, -0.2) is 0 Å². The Balaban J connectivity index is 2.77. The Morgan fingerprint density at radius 1 is 1.39 bits per heavy atom. The Hall–Kier alpha value is -0.550. The van der Waals surface area contributed by atoms with Crippen LogP contribution in [0.15, 0.2) is 0 Å². The van der Waals surface area contributed by atoms with Gasteiger partial charge in [0.15, 0.2) is 0 Å². The minimum absolute atomic E-state index is 0.222. The summed E-state index contributed by atoms with van der Waals surface area (Å²) in [6.45, 7) is 8.65. The Bertz CT molecular complexity index is 294. The monoisotopic (exact) mass is 251 g/mol. The molecular formula is C16H29NO. The molecule has 4 atom stereocenters. The van der Waals surface area contributed by atoms with Gasteiger partial charge in [0, 0.05) is 0 Å². The molecular weight excluding hydrogens is 222 g/mol. The van der Waals surface area contributed by atoms with Gasteiger partial charge in [-0.2, -0.15) is 5.26 Å². The topological polar surface area (TPSA) is 44.0 Å². The van der Waals surface area contributed by atoms with Gasteiger partial charge < -0.3 is 5.11 Å². The largest absolute Gasteiger partial charge is 0.391 e. The summed E-state index contributed by atoms with van der Waals surface area (Å²) in [6.07, 6.45) is 5.77. The molecule has 2 heteroatoms. The van der Waals surface area contributed by atoms with Crippen LogP contribution in [-0.4, -0.2) is 11.2 Å². The highest BCUT2D eigenvalue weighted by atomic mass is 16.3. The summed E-state index contributed by atoms with van der Waals surface area (Å²) >= 11 is 0. The van der Waals surface area contributed by atoms with E-state index in [0.29, 0.717) is 11.8 Å². The van der Waals surface area contributed by atoms with E-state index in [9.17, 15) is 10.4 Å². The predicted octanol–water partition coefficient (Wildman–Crippen LogP) is 4.14. The van der Waals surface area contributed by atoms with E-state index in [1.165, 1.54) is 6.42 Å². The summed E-state index contributed by atoms with van der Waals surface area (Å²) in [6, 6.07) is 2.49. The Morgan fingerprint density at radius 3 is 2.56 bits per heavy atom. The number of rotatable bonds is 5. The van der Waals surface area contributed by atoms with E-state index in [1.54, 1.807) is 0 Å². The molecule has 0 bridgehead atoms. The lowest BCUT2D eigenvalue weighted by atomic mass is 9.64. The first-order chi connectivity index (χ1) is 8.45. The molecule has 0 amide bonds. The molecule has 4 unspecified atom stereocenters. The molecule has 0 heterocycles. The first-order valence-electron chi connectivity index (χ1n) is 7.54. The number of aliphatic hydroxyl groups excluding tert-OH is 1. The third kappa shape index (κ3) is 3.48. The SMILES string of the molecule is CCC1CCCC(C#N)(C(O)C(C)CC(C)C)C1. The molecule has 0 spiro atoms. The van der Waals surface area contributed by atoms with Gasteiger partial charge in [0.05, 0.1) is 17.6 Å². The maximum absolute atomic E-state index is 10.6. The zero-order valence-corrected chi connectivity index (χ0v) is 12.4. The lowest BCUT2D eigenvalue weighted by Crippen LogP contribution is -2.42. The third-order valence-electron chi connectivity index (χ3n) is 4.64. The first kappa shape index (κ1) is 15.5. The molecule has 1 aliphatic rings. The molecule has 1 rings (SSSR count). The van der Waals surface area contributed by atoms with E-state index in [1.807, 2.05) is 0 Å². The van der Waals surface area contributed by atoms with Crippen LogP contribution in [0.2, 0.25) is 0 Å². The minimum atomic E-state index is -0.479. The van der Waals surface area contributed by atoms with E-state index in [-0.39, 0.29) is 5.92 Å². The molecule has 0 radical (unpaired) electrons. The van der Waals surface area contributed by atoms with Crippen molar-refractivity contribution in [1.82, 2.24) is 0 Å². The van der Waals surface area contributed by atoms with Crippen molar-refractivity contribution in [2.45, 2.75) is 72.3 Å². The summed E-state index contributed by atoms with van der Waals surface area (Å²) in [5.74, 6) is 1.43. The molecule has 1 saturated carbocycles. The fourth-order valence-corrected chi connectivity index (χ4v) is 3.63. The van der Waals surface area contributed by atoms with Crippen molar-refractivity contribution in [2.75, 3.05) is 0 Å². The quantitative estimate of drug-likeness (QED) is 0.798. The van der Waals surface area contributed by atoms with Crippen molar-refractivity contribution < 1.29 is 5.11 Å².